The Morgan fingerprint density at radius 3 is 2.86 bits per heavy atom. The summed E-state index contributed by atoms with van der Waals surface area (Å²) in [5, 5.41) is 14.2. The van der Waals surface area contributed by atoms with Gasteiger partial charge in [0, 0.05) is 42.9 Å². The first kappa shape index (κ1) is 14.0. The van der Waals surface area contributed by atoms with Crippen LogP contribution in [0.3, 0.4) is 0 Å². The van der Waals surface area contributed by atoms with Crippen LogP contribution in [0.1, 0.15) is 24.2 Å². The average Bonchev–Trinajstić information content (AvgIpc) is 3.01. The number of likely N-dealkylation sites (tertiary alicyclic amines) is 1. The van der Waals surface area contributed by atoms with Gasteiger partial charge in [0.05, 0.1) is 4.92 Å². The van der Waals surface area contributed by atoms with E-state index in [-0.39, 0.29) is 17.1 Å². The van der Waals surface area contributed by atoms with E-state index in [4.69, 9.17) is 0 Å². The predicted molar refractivity (Wildman–Crippen MR) is 78.1 cm³/mol. The maximum Gasteiger partial charge on any atom is 0.270 e. The van der Waals surface area contributed by atoms with Crippen molar-refractivity contribution in [2.24, 2.45) is 11.8 Å². The van der Waals surface area contributed by atoms with E-state index in [1.54, 1.807) is 12.1 Å². The standard InChI is InChI=1S/C15H19N3O3/c1-15(2)13-8-16-7-11(13)9-17(15)14(19)10-4-3-5-12(6-10)18(20)21/h3-6,11,13,16H,7-9H2,1-2H3. The molecule has 2 aliphatic rings. The number of carbonyl (C=O) groups excluding carboxylic acids is 1. The fraction of sp³-hybridized carbons (Fsp3) is 0.533. The summed E-state index contributed by atoms with van der Waals surface area (Å²) in [6.07, 6.45) is 0. The molecule has 2 atom stereocenters. The van der Waals surface area contributed by atoms with Crippen molar-refractivity contribution in [3.05, 3.63) is 39.9 Å². The van der Waals surface area contributed by atoms with E-state index < -0.39 is 4.92 Å². The summed E-state index contributed by atoms with van der Waals surface area (Å²) >= 11 is 0. The minimum atomic E-state index is -0.468. The molecule has 0 spiro atoms. The lowest BCUT2D eigenvalue weighted by Gasteiger charge is -2.35. The number of amides is 1. The summed E-state index contributed by atoms with van der Waals surface area (Å²) in [4.78, 5) is 25.0. The molecule has 112 valence electrons. The zero-order valence-corrected chi connectivity index (χ0v) is 12.2. The van der Waals surface area contributed by atoms with Crippen molar-refractivity contribution in [1.29, 1.82) is 0 Å². The smallest absolute Gasteiger partial charge is 0.270 e. The van der Waals surface area contributed by atoms with Crippen LogP contribution < -0.4 is 5.32 Å². The summed E-state index contributed by atoms with van der Waals surface area (Å²) in [5.41, 5.74) is 0.125. The molecule has 2 fully saturated rings. The Morgan fingerprint density at radius 1 is 1.43 bits per heavy atom. The monoisotopic (exact) mass is 289 g/mol. The summed E-state index contributed by atoms with van der Waals surface area (Å²) in [6.45, 7) is 6.75. The first-order valence-electron chi connectivity index (χ1n) is 7.18. The van der Waals surface area contributed by atoms with Crippen LogP contribution >= 0.6 is 0 Å². The first-order valence-corrected chi connectivity index (χ1v) is 7.18. The second-order valence-electron chi connectivity index (χ2n) is 6.40. The van der Waals surface area contributed by atoms with Gasteiger partial charge in [-0.05, 0) is 31.7 Å². The van der Waals surface area contributed by atoms with Crippen LogP contribution in [0.2, 0.25) is 0 Å². The summed E-state index contributed by atoms with van der Waals surface area (Å²) in [5.74, 6) is 0.806. The van der Waals surface area contributed by atoms with Crippen LogP contribution in [-0.4, -0.2) is 40.9 Å². The number of fused-ring (bicyclic) bond motifs is 1. The maximum absolute atomic E-state index is 12.8. The summed E-state index contributed by atoms with van der Waals surface area (Å²) in [7, 11) is 0. The number of benzene rings is 1. The molecular formula is C15H19N3O3. The van der Waals surface area contributed by atoms with E-state index in [9.17, 15) is 14.9 Å². The fourth-order valence-corrected chi connectivity index (χ4v) is 3.67. The molecule has 2 heterocycles. The molecule has 1 aromatic carbocycles. The van der Waals surface area contributed by atoms with Gasteiger partial charge >= 0.3 is 0 Å². The molecular weight excluding hydrogens is 270 g/mol. The molecule has 0 radical (unpaired) electrons. The normalized spacial score (nSPS) is 26.7. The van der Waals surface area contributed by atoms with Crippen LogP contribution in [-0.2, 0) is 0 Å². The number of hydrogen-bond acceptors (Lipinski definition) is 4. The van der Waals surface area contributed by atoms with Crippen LogP contribution in [0.15, 0.2) is 24.3 Å². The molecule has 2 saturated heterocycles. The van der Waals surface area contributed by atoms with Crippen molar-refractivity contribution in [3.63, 3.8) is 0 Å². The second kappa shape index (κ2) is 4.80. The third-order valence-corrected chi connectivity index (χ3v) is 4.91. The number of non-ortho nitro benzene ring substituents is 1. The summed E-state index contributed by atoms with van der Waals surface area (Å²) in [6, 6.07) is 5.99. The molecule has 2 aliphatic heterocycles. The lowest BCUT2D eigenvalue weighted by molar-refractivity contribution is -0.384. The van der Waals surface area contributed by atoms with Gasteiger partial charge in [-0.15, -0.1) is 0 Å². The van der Waals surface area contributed by atoms with Gasteiger partial charge < -0.3 is 10.2 Å². The minimum absolute atomic E-state index is 0.0419. The van der Waals surface area contributed by atoms with Crippen LogP contribution in [0.4, 0.5) is 5.69 Å². The number of nitro benzene ring substituents is 1. The molecule has 3 rings (SSSR count). The van der Waals surface area contributed by atoms with Crippen molar-refractivity contribution < 1.29 is 9.72 Å². The number of hydrogen-bond donors (Lipinski definition) is 1. The van der Waals surface area contributed by atoms with E-state index in [2.05, 4.69) is 19.2 Å². The lowest BCUT2D eigenvalue weighted by Crippen LogP contribution is -2.47. The zero-order chi connectivity index (χ0) is 15.2. The Balaban J connectivity index is 1.89. The van der Waals surface area contributed by atoms with Gasteiger partial charge in [-0.25, -0.2) is 0 Å². The van der Waals surface area contributed by atoms with Gasteiger partial charge in [0.2, 0.25) is 0 Å². The molecule has 1 amide bonds. The minimum Gasteiger partial charge on any atom is -0.333 e. The van der Waals surface area contributed by atoms with Crippen molar-refractivity contribution in [1.82, 2.24) is 10.2 Å². The van der Waals surface area contributed by atoms with Crippen molar-refractivity contribution in [2.45, 2.75) is 19.4 Å². The number of carbonyl (C=O) groups is 1. The van der Waals surface area contributed by atoms with Gasteiger partial charge in [0.1, 0.15) is 0 Å². The van der Waals surface area contributed by atoms with Crippen LogP contribution in [0.25, 0.3) is 0 Å². The molecule has 6 nitrogen and oxygen atoms in total. The van der Waals surface area contributed by atoms with Crippen LogP contribution in [0.5, 0.6) is 0 Å². The Bertz CT molecular complexity index is 600. The van der Waals surface area contributed by atoms with E-state index in [1.165, 1.54) is 12.1 Å². The predicted octanol–water partition coefficient (Wildman–Crippen LogP) is 1.66. The van der Waals surface area contributed by atoms with Crippen LogP contribution in [0, 0.1) is 22.0 Å². The van der Waals surface area contributed by atoms with E-state index in [0.717, 1.165) is 13.1 Å². The molecule has 0 bridgehead atoms. The highest BCUT2D eigenvalue weighted by atomic mass is 16.6. The average molecular weight is 289 g/mol. The third kappa shape index (κ3) is 2.19. The Kier molecular flexibility index (Phi) is 3.20. The van der Waals surface area contributed by atoms with Gasteiger partial charge in [-0.3, -0.25) is 14.9 Å². The van der Waals surface area contributed by atoms with Crippen molar-refractivity contribution in [2.75, 3.05) is 19.6 Å². The Morgan fingerprint density at radius 2 is 2.19 bits per heavy atom. The molecule has 2 unspecified atom stereocenters. The third-order valence-electron chi connectivity index (χ3n) is 4.91. The highest BCUT2D eigenvalue weighted by Crippen LogP contribution is 2.41. The SMILES string of the molecule is CC1(C)C2CNCC2CN1C(=O)c1cccc([N+](=O)[O-])c1. The highest BCUT2D eigenvalue weighted by molar-refractivity contribution is 5.95. The van der Waals surface area contributed by atoms with Gasteiger partial charge in [0.25, 0.3) is 11.6 Å². The van der Waals surface area contributed by atoms with Gasteiger partial charge in [-0.2, -0.15) is 0 Å². The number of nitro groups is 1. The van der Waals surface area contributed by atoms with Gasteiger partial charge in [-0.1, -0.05) is 6.07 Å². The molecule has 0 aliphatic carbocycles. The van der Waals surface area contributed by atoms with E-state index in [1.807, 2.05) is 4.90 Å². The lowest BCUT2D eigenvalue weighted by atomic mass is 9.84. The quantitative estimate of drug-likeness (QED) is 0.663. The molecule has 6 heteroatoms. The largest absolute Gasteiger partial charge is 0.333 e. The Labute approximate surface area is 123 Å². The second-order valence-corrected chi connectivity index (χ2v) is 6.40. The van der Waals surface area contributed by atoms with Crippen molar-refractivity contribution >= 4 is 11.6 Å². The van der Waals surface area contributed by atoms with Gasteiger partial charge in [0.15, 0.2) is 0 Å². The molecule has 21 heavy (non-hydrogen) atoms. The first-order chi connectivity index (χ1) is 9.91. The summed E-state index contributed by atoms with van der Waals surface area (Å²) < 4.78 is 0. The molecule has 1 N–H and O–H groups in total. The zero-order valence-electron chi connectivity index (χ0n) is 12.2. The molecule has 1 aromatic rings. The maximum atomic E-state index is 12.8. The Hall–Kier alpha value is -1.95. The number of rotatable bonds is 2. The molecule has 0 aromatic heterocycles. The van der Waals surface area contributed by atoms with E-state index in [0.29, 0.717) is 23.9 Å². The molecule has 0 saturated carbocycles. The topological polar surface area (TPSA) is 75.5 Å². The number of nitrogens with zero attached hydrogens (tertiary/aromatic N) is 2. The fourth-order valence-electron chi connectivity index (χ4n) is 3.67. The van der Waals surface area contributed by atoms with E-state index >= 15 is 0 Å². The number of nitrogens with one attached hydrogen (secondary N) is 1. The van der Waals surface area contributed by atoms with Crippen molar-refractivity contribution in [3.8, 4) is 0 Å². The highest BCUT2D eigenvalue weighted by Gasteiger charge is 2.51.